The number of piperidine rings is 1. The molecule has 2 aromatic rings. The van der Waals surface area contributed by atoms with Crippen molar-refractivity contribution in [3.63, 3.8) is 0 Å². The number of benzene rings is 1. The molecule has 1 atom stereocenters. The zero-order chi connectivity index (χ0) is 20.8. The SMILES string of the molecule is CCC(CC)C(=O)N1CCC[C@@H](c2[nH]ncc2NC(=O)c2ccc(OC)cc2)C1. The van der Waals surface area contributed by atoms with Crippen molar-refractivity contribution in [3.05, 3.63) is 41.7 Å². The van der Waals surface area contributed by atoms with Crippen LogP contribution in [0.5, 0.6) is 5.75 Å². The third-order valence-electron chi connectivity index (χ3n) is 5.75. The Labute approximate surface area is 171 Å². The molecule has 29 heavy (non-hydrogen) atoms. The van der Waals surface area contributed by atoms with Gasteiger partial charge < -0.3 is 15.0 Å². The minimum Gasteiger partial charge on any atom is -0.497 e. The molecule has 3 rings (SSSR count). The molecule has 0 bridgehead atoms. The van der Waals surface area contributed by atoms with Crippen LogP contribution in [-0.2, 0) is 4.79 Å². The lowest BCUT2D eigenvalue weighted by molar-refractivity contribution is -0.137. The average molecular weight is 399 g/mol. The van der Waals surface area contributed by atoms with E-state index in [0.717, 1.165) is 37.9 Å². The van der Waals surface area contributed by atoms with Crippen molar-refractivity contribution in [2.75, 3.05) is 25.5 Å². The number of hydrogen-bond acceptors (Lipinski definition) is 4. The van der Waals surface area contributed by atoms with Crippen molar-refractivity contribution in [2.45, 2.75) is 45.4 Å². The normalized spacial score (nSPS) is 16.7. The largest absolute Gasteiger partial charge is 0.497 e. The number of hydrogen-bond donors (Lipinski definition) is 2. The number of nitrogens with one attached hydrogen (secondary N) is 2. The molecule has 0 aliphatic carbocycles. The number of aromatic nitrogens is 2. The summed E-state index contributed by atoms with van der Waals surface area (Å²) in [5.74, 6) is 0.967. The molecule has 2 heterocycles. The predicted octanol–water partition coefficient (Wildman–Crippen LogP) is 3.81. The number of anilines is 1. The predicted molar refractivity (Wildman–Crippen MR) is 112 cm³/mol. The van der Waals surface area contributed by atoms with Crippen LogP contribution in [-0.4, -0.2) is 47.1 Å². The lowest BCUT2D eigenvalue weighted by Crippen LogP contribution is -2.42. The second kappa shape index (κ2) is 9.58. The second-order valence-corrected chi connectivity index (χ2v) is 7.52. The molecule has 1 aliphatic rings. The molecule has 2 amide bonds. The number of H-pyrrole nitrogens is 1. The standard InChI is InChI=1S/C22H30N4O3/c1-4-15(5-2)22(28)26-12-6-7-17(14-26)20-19(13-23-25-20)24-21(27)16-8-10-18(29-3)11-9-16/h8-11,13,15,17H,4-7,12,14H2,1-3H3,(H,23,25)(H,24,27)/t17-/m1/s1. The lowest BCUT2D eigenvalue weighted by atomic mass is 9.92. The van der Waals surface area contributed by atoms with Gasteiger partial charge in [0.2, 0.25) is 5.91 Å². The lowest BCUT2D eigenvalue weighted by Gasteiger charge is -2.34. The van der Waals surface area contributed by atoms with Crippen LogP contribution in [0.3, 0.4) is 0 Å². The van der Waals surface area contributed by atoms with E-state index in [0.29, 0.717) is 23.5 Å². The van der Waals surface area contributed by atoms with E-state index < -0.39 is 0 Å². The van der Waals surface area contributed by atoms with Crippen molar-refractivity contribution < 1.29 is 14.3 Å². The van der Waals surface area contributed by atoms with E-state index in [-0.39, 0.29) is 23.7 Å². The van der Waals surface area contributed by atoms with Gasteiger partial charge >= 0.3 is 0 Å². The fourth-order valence-electron chi connectivity index (χ4n) is 3.95. The number of aromatic amines is 1. The summed E-state index contributed by atoms with van der Waals surface area (Å²) >= 11 is 0. The molecule has 1 fully saturated rings. The zero-order valence-electron chi connectivity index (χ0n) is 17.4. The van der Waals surface area contributed by atoms with E-state index in [1.807, 2.05) is 4.90 Å². The molecule has 1 saturated heterocycles. The van der Waals surface area contributed by atoms with E-state index in [1.54, 1.807) is 37.6 Å². The number of rotatable bonds is 7. The summed E-state index contributed by atoms with van der Waals surface area (Å²) in [6, 6.07) is 6.97. The van der Waals surface area contributed by atoms with Gasteiger partial charge in [0.25, 0.3) is 5.91 Å². The first-order chi connectivity index (χ1) is 14.1. The summed E-state index contributed by atoms with van der Waals surface area (Å²) in [5.41, 5.74) is 2.11. The van der Waals surface area contributed by atoms with Crippen molar-refractivity contribution in [1.82, 2.24) is 15.1 Å². The van der Waals surface area contributed by atoms with Crippen LogP contribution >= 0.6 is 0 Å². The number of ether oxygens (including phenoxy) is 1. The number of likely N-dealkylation sites (tertiary alicyclic amines) is 1. The molecule has 1 aliphatic heterocycles. The van der Waals surface area contributed by atoms with E-state index in [4.69, 9.17) is 4.74 Å². The van der Waals surface area contributed by atoms with Crippen molar-refractivity contribution in [1.29, 1.82) is 0 Å². The highest BCUT2D eigenvalue weighted by Gasteiger charge is 2.30. The monoisotopic (exact) mass is 398 g/mol. The van der Waals surface area contributed by atoms with Gasteiger partial charge in [-0.2, -0.15) is 5.10 Å². The van der Waals surface area contributed by atoms with Crippen LogP contribution in [0.1, 0.15) is 61.5 Å². The number of methoxy groups -OCH3 is 1. The molecular weight excluding hydrogens is 368 g/mol. The summed E-state index contributed by atoms with van der Waals surface area (Å²) in [4.78, 5) is 27.4. The minimum absolute atomic E-state index is 0.0877. The van der Waals surface area contributed by atoms with Crippen LogP contribution < -0.4 is 10.1 Å². The Balaban J connectivity index is 1.70. The summed E-state index contributed by atoms with van der Waals surface area (Å²) in [6.45, 7) is 5.58. The van der Waals surface area contributed by atoms with Gasteiger partial charge in [-0.1, -0.05) is 13.8 Å². The Morgan fingerprint density at radius 1 is 1.28 bits per heavy atom. The molecule has 0 saturated carbocycles. The number of carbonyl (C=O) groups excluding carboxylic acids is 2. The van der Waals surface area contributed by atoms with Crippen molar-refractivity contribution in [2.24, 2.45) is 5.92 Å². The Morgan fingerprint density at radius 3 is 2.66 bits per heavy atom. The first kappa shape index (κ1) is 20.9. The Bertz CT molecular complexity index is 827. The van der Waals surface area contributed by atoms with Crippen LogP contribution in [0, 0.1) is 5.92 Å². The smallest absolute Gasteiger partial charge is 0.255 e. The maximum Gasteiger partial charge on any atom is 0.255 e. The molecule has 1 aromatic heterocycles. The van der Waals surface area contributed by atoms with Crippen LogP contribution in [0.15, 0.2) is 30.5 Å². The second-order valence-electron chi connectivity index (χ2n) is 7.52. The van der Waals surface area contributed by atoms with Gasteiger partial charge in [0.05, 0.1) is 24.7 Å². The van der Waals surface area contributed by atoms with E-state index in [9.17, 15) is 9.59 Å². The van der Waals surface area contributed by atoms with Gasteiger partial charge in [0, 0.05) is 30.5 Å². The molecule has 7 nitrogen and oxygen atoms in total. The number of amides is 2. The van der Waals surface area contributed by atoms with Gasteiger partial charge in [-0.25, -0.2) is 0 Å². The van der Waals surface area contributed by atoms with Crippen molar-refractivity contribution in [3.8, 4) is 5.75 Å². The maximum absolute atomic E-state index is 12.8. The van der Waals surface area contributed by atoms with Crippen LogP contribution in [0.25, 0.3) is 0 Å². The Hall–Kier alpha value is -2.83. The highest BCUT2D eigenvalue weighted by atomic mass is 16.5. The van der Waals surface area contributed by atoms with E-state index >= 15 is 0 Å². The molecule has 7 heteroatoms. The summed E-state index contributed by atoms with van der Waals surface area (Å²) < 4.78 is 5.14. The summed E-state index contributed by atoms with van der Waals surface area (Å²) in [5, 5.41) is 10.1. The zero-order valence-corrected chi connectivity index (χ0v) is 17.4. The molecule has 156 valence electrons. The topological polar surface area (TPSA) is 87.3 Å². The number of nitrogens with zero attached hydrogens (tertiary/aromatic N) is 2. The third-order valence-corrected chi connectivity index (χ3v) is 5.75. The number of carbonyl (C=O) groups is 2. The quantitative estimate of drug-likeness (QED) is 0.742. The first-order valence-electron chi connectivity index (χ1n) is 10.3. The Kier molecular flexibility index (Phi) is 6.90. The van der Waals surface area contributed by atoms with Gasteiger partial charge in [-0.3, -0.25) is 14.7 Å². The van der Waals surface area contributed by atoms with Gasteiger partial charge in [-0.05, 0) is 49.9 Å². The van der Waals surface area contributed by atoms with Crippen LogP contribution in [0.4, 0.5) is 5.69 Å². The molecule has 0 radical (unpaired) electrons. The molecule has 1 aromatic carbocycles. The fraction of sp³-hybridized carbons (Fsp3) is 0.500. The average Bonchev–Trinajstić information content (AvgIpc) is 3.22. The van der Waals surface area contributed by atoms with Crippen LogP contribution in [0.2, 0.25) is 0 Å². The summed E-state index contributed by atoms with van der Waals surface area (Å²) in [7, 11) is 1.59. The first-order valence-corrected chi connectivity index (χ1v) is 10.3. The van der Waals surface area contributed by atoms with Gasteiger partial charge in [0.15, 0.2) is 0 Å². The fourth-order valence-corrected chi connectivity index (χ4v) is 3.95. The highest BCUT2D eigenvalue weighted by molar-refractivity contribution is 6.04. The molecule has 2 N–H and O–H groups in total. The Morgan fingerprint density at radius 2 is 2.00 bits per heavy atom. The van der Waals surface area contributed by atoms with E-state index in [2.05, 4.69) is 29.4 Å². The molecule has 0 unspecified atom stereocenters. The highest BCUT2D eigenvalue weighted by Crippen LogP contribution is 2.31. The third kappa shape index (κ3) is 4.78. The molecule has 0 spiro atoms. The summed E-state index contributed by atoms with van der Waals surface area (Å²) in [6.07, 6.45) is 5.27. The van der Waals surface area contributed by atoms with E-state index in [1.165, 1.54) is 0 Å². The van der Waals surface area contributed by atoms with Crippen molar-refractivity contribution >= 4 is 17.5 Å². The minimum atomic E-state index is -0.198. The van der Waals surface area contributed by atoms with Gasteiger partial charge in [0.1, 0.15) is 5.75 Å². The van der Waals surface area contributed by atoms with Gasteiger partial charge in [-0.15, -0.1) is 0 Å². The molecular formula is C22H30N4O3. The maximum atomic E-state index is 12.8.